The fourth-order valence-electron chi connectivity index (χ4n) is 1.74. The highest BCUT2D eigenvalue weighted by atomic mass is 16.6. The van der Waals surface area contributed by atoms with E-state index in [0.717, 1.165) is 6.08 Å². The lowest BCUT2D eigenvalue weighted by atomic mass is 9.73. The van der Waals surface area contributed by atoms with Crippen LogP contribution in [0.4, 0.5) is 0 Å². The van der Waals surface area contributed by atoms with Gasteiger partial charge in [-0.2, -0.15) is 0 Å². The molecular weight excluding hydrogens is 226 g/mol. The number of esters is 1. The molecule has 2 atom stereocenters. The van der Waals surface area contributed by atoms with Crippen LogP contribution >= 0.6 is 0 Å². The second-order valence-corrected chi connectivity index (χ2v) is 3.77. The Hall–Kier alpha value is -1.72. The predicted molar refractivity (Wildman–Crippen MR) is 61.0 cm³/mol. The van der Waals surface area contributed by atoms with E-state index in [9.17, 15) is 19.7 Å². The van der Waals surface area contributed by atoms with E-state index in [0.29, 0.717) is 0 Å². The molecule has 0 fully saturated rings. The summed E-state index contributed by atoms with van der Waals surface area (Å²) in [6.45, 7) is 7.32. The molecule has 6 nitrogen and oxygen atoms in total. The van der Waals surface area contributed by atoms with Gasteiger partial charge in [0.2, 0.25) is 6.54 Å². The fourth-order valence-corrected chi connectivity index (χ4v) is 1.74. The number of ketones is 1. The molecule has 0 aromatic heterocycles. The van der Waals surface area contributed by atoms with E-state index in [1.165, 1.54) is 13.8 Å². The molecule has 0 aliphatic rings. The summed E-state index contributed by atoms with van der Waals surface area (Å²) in [5, 5.41) is 10.5. The first-order chi connectivity index (χ1) is 7.82. The number of nitrogens with zero attached hydrogens (tertiary/aromatic N) is 1. The normalized spacial score (nSPS) is 15.5. The molecule has 0 aromatic rings. The van der Waals surface area contributed by atoms with Crippen LogP contribution in [-0.4, -0.2) is 29.8 Å². The Morgan fingerprint density at radius 2 is 2.12 bits per heavy atom. The number of Topliss-reactive ketones (excluding diaryl/α,β-unsaturated/α-hetero) is 1. The van der Waals surface area contributed by atoms with Gasteiger partial charge in [-0.1, -0.05) is 13.0 Å². The van der Waals surface area contributed by atoms with Crippen molar-refractivity contribution in [3.8, 4) is 0 Å². The number of rotatable bonds is 7. The third-order valence-electron chi connectivity index (χ3n) is 2.72. The highest BCUT2D eigenvalue weighted by molar-refractivity contribution is 6.05. The van der Waals surface area contributed by atoms with Gasteiger partial charge in [0, 0.05) is 10.8 Å². The van der Waals surface area contributed by atoms with Gasteiger partial charge in [0.15, 0.2) is 11.2 Å². The van der Waals surface area contributed by atoms with Gasteiger partial charge in [-0.25, -0.2) is 0 Å². The maximum atomic E-state index is 11.8. The van der Waals surface area contributed by atoms with E-state index in [4.69, 9.17) is 4.74 Å². The highest BCUT2D eigenvalue weighted by Crippen LogP contribution is 2.32. The number of hydrogen-bond acceptors (Lipinski definition) is 5. The molecule has 0 aliphatic carbocycles. The van der Waals surface area contributed by atoms with E-state index in [1.807, 2.05) is 0 Å². The first-order valence-corrected chi connectivity index (χ1v) is 5.26. The number of hydrogen-bond donors (Lipinski definition) is 0. The fraction of sp³-hybridized carbons (Fsp3) is 0.636. The molecular formula is C11H17NO5. The summed E-state index contributed by atoms with van der Waals surface area (Å²) >= 11 is 0. The summed E-state index contributed by atoms with van der Waals surface area (Å²) in [6, 6.07) is 0. The maximum absolute atomic E-state index is 11.8. The standard InChI is InChI=1S/C11H17NO5/c1-5-11(9(4)13,10(14)17-6-2)8(3)7-12(15)16/h5,8H,1,6-7H2,2-4H3/t8-,11-/m0/s1. The molecule has 0 spiro atoms. The summed E-state index contributed by atoms with van der Waals surface area (Å²) in [7, 11) is 0. The Balaban J connectivity index is 5.35. The van der Waals surface area contributed by atoms with Crippen LogP contribution in [-0.2, 0) is 14.3 Å². The summed E-state index contributed by atoms with van der Waals surface area (Å²) in [5.74, 6) is -2.08. The molecule has 0 aliphatic heterocycles. The SMILES string of the molecule is C=C[C@](C(C)=O)(C(=O)OCC)[C@@H](C)C[N+](=O)[O-]. The Bertz CT molecular complexity index is 339. The number of nitro groups is 1. The minimum Gasteiger partial charge on any atom is -0.465 e. The molecule has 0 amide bonds. The van der Waals surface area contributed by atoms with Gasteiger partial charge in [0.25, 0.3) is 0 Å². The third kappa shape index (κ3) is 3.12. The Morgan fingerprint density at radius 3 is 2.41 bits per heavy atom. The van der Waals surface area contributed by atoms with Crippen LogP contribution in [0.5, 0.6) is 0 Å². The zero-order chi connectivity index (χ0) is 13.6. The second kappa shape index (κ2) is 6.12. The van der Waals surface area contributed by atoms with Crippen LogP contribution in [0.15, 0.2) is 12.7 Å². The Labute approximate surface area is 99.8 Å². The minimum absolute atomic E-state index is 0.104. The van der Waals surface area contributed by atoms with Gasteiger partial charge >= 0.3 is 5.97 Å². The van der Waals surface area contributed by atoms with Crippen LogP contribution in [0.25, 0.3) is 0 Å². The molecule has 0 saturated heterocycles. The van der Waals surface area contributed by atoms with Crippen LogP contribution < -0.4 is 0 Å². The van der Waals surface area contributed by atoms with Crippen molar-refractivity contribution < 1.29 is 19.2 Å². The number of carbonyl (C=O) groups excluding carboxylic acids is 2. The van der Waals surface area contributed by atoms with Crippen molar-refractivity contribution in [2.45, 2.75) is 20.8 Å². The van der Waals surface area contributed by atoms with Crippen LogP contribution in [0.2, 0.25) is 0 Å². The van der Waals surface area contributed by atoms with Crippen LogP contribution in [0.1, 0.15) is 20.8 Å². The zero-order valence-corrected chi connectivity index (χ0v) is 10.3. The monoisotopic (exact) mass is 243 g/mol. The summed E-state index contributed by atoms with van der Waals surface area (Å²) < 4.78 is 4.81. The second-order valence-electron chi connectivity index (χ2n) is 3.77. The van der Waals surface area contributed by atoms with Gasteiger partial charge in [-0.15, -0.1) is 6.58 Å². The van der Waals surface area contributed by atoms with E-state index < -0.39 is 34.6 Å². The largest absolute Gasteiger partial charge is 0.465 e. The number of ether oxygens (including phenoxy) is 1. The van der Waals surface area contributed by atoms with Crippen molar-refractivity contribution in [1.82, 2.24) is 0 Å². The quantitative estimate of drug-likeness (QED) is 0.220. The summed E-state index contributed by atoms with van der Waals surface area (Å²) in [6.07, 6.45) is 1.14. The number of carbonyl (C=O) groups is 2. The van der Waals surface area contributed by atoms with Crippen molar-refractivity contribution in [2.75, 3.05) is 13.2 Å². The minimum atomic E-state index is -1.64. The Morgan fingerprint density at radius 1 is 1.59 bits per heavy atom. The lowest BCUT2D eigenvalue weighted by Crippen LogP contribution is -2.45. The van der Waals surface area contributed by atoms with Gasteiger partial charge in [-0.05, 0) is 13.8 Å². The van der Waals surface area contributed by atoms with Crippen molar-refractivity contribution in [3.05, 3.63) is 22.8 Å². The van der Waals surface area contributed by atoms with Crippen molar-refractivity contribution in [3.63, 3.8) is 0 Å². The van der Waals surface area contributed by atoms with Gasteiger partial charge in [-0.3, -0.25) is 19.7 Å². The lowest BCUT2D eigenvalue weighted by molar-refractivity contribution is -0.489. The molecule has 0 aromatic carbocycles. The van der Waals surface area contributed by atoms with E-state index in [-0.39, 0.29) is 6.61 Å². The van der Waals surface area contributed by atoms with Crippen molar-refractivity contribution in [1.29, 1.82) is 0 Å². The van der Waals surface area contributed by atoms with Crippen molar-refractivity contribution in [2.24, 2.45) is 11.3 Å². The average Bonchev–Trinajstić information content (AvgIpc) is 2.17. The molecule has 0 bridgehead atoms. The maximum Gasteiger partial charge on any atom is 0.324 e. The molecule has 96 valence electrons. The van der Waals surface area contributed by atoms with Crippen LogP contribution in [0.3, 0.4) is 0 Å². The molecule has 6 heteroatoms. The summed E-state index contributed by atoms with van der Waals surface area (Å²) in [4.78, 5) is 33.4. The van der Waals surface area contributed by atoms with Gasteiger partial charge in [0.1, 0.15) is 0 Å². The molecule has 0 N–H and O–H groups in total. The van der Waals surface area contributed by atoms with E-state index >= 15 is 0 Å². The third-order valence-corrected chi connectivity index (χ3v) is 2.72. The average molecular weight is 243 g/mol. The van der Waals surface area contributed by atoms with E-state index in [1.54, 1.807) is 6.92 Å². The van der Waals surface area contributed by atoms with Gasteiger partial charge < -0.3 is 4.74 Å². The highest BCUT2D eigenvalue weighted by Gasteiger charge is 2.48. The molecule has 0 saturated carbocycles. The smallest absolute Gasteiger partial charge is 0.324 e. The first kappa shape index (κ1) is 15.3. The Kier molecular flexibility index (Phi) is 5.50. The lowest BCUT2D eigenvalue weighted by Gasteiger charge is -2.29. The van der Waals surface area contributed by atoms with Gasteiger partial charge in [0.05, 0.1) is 6.61 Å². The van der Waals surface area contributed by atoms with Crippen LogP contribution in [0, 0.1) is 21.4 Å². The predicted octanol–water partition coefficient (Wildman–Crippen LogP) is 1.22. The topological polar surface area (TPSA) is 86.5 Å². The molecule has 17 heavy (non-hydrogen) atoms. The molecule has 0 rings (SSSR count). The molecule has 0 unspecified atom stereocenters. The first-order valence-electron chi connectivity index (χ1n) is 5.26. The summed E-state index contributed by atoms with van der Waals surface area (Å²) in [5.41, 5.74) is -1.64. The van der Waals surface area contributed by atoms with Crippen molar-refractivity contribution >= 4 is 11.8 Å². The van der Waals surface area contributed by atoms with E-state index in [2.05, 4.69) is 6.58 Å². The molecule has 0 radical (unpaired) electrons. The molecule has 0 heterocycles. The zero-order valence-electron chi connectivity index (χ0n) is 10.3.